The van der Waals surface area contributed by atoms with Crippen LogP contribution in [-0.4, -0.2) is 56.7 Å². The number of aryl methyl sites for hydroxylation is 1. The van der Waals surface area contributed by atoms with Crippen LogP contribution in [0.5, 0.6) is 0 Å². The van der Waals surface area contributed by atoms with Crippen LogP contribution >= 0.6 is 35.6 Å². The monoisotopic (exact) mass is 553 g/mol. The molecule has 5 rings (SSSR count). The Balaban J connectivity index is 1.54. The predicted molar refractivity (Wildman–Crippen MR) is 157 cm³/mol. The van der Waals surface area contributed by atoms with E-state index in [0.717, 1.165) is 30.8 Å². The third kappa shape index (κ3) is 5.00. The molecule has 10 heteroatoms. The SMILES string of the molecule is CC[C@H](C)N1C(=O)/C(=C/c2c(N3CCN(c4cccc(Cl)c4)CC3)nc3ccc(C)cn3c2=O)SC1=S. The highest BCUT2D eigenvalue weighted by molar-refractivity contribution is 8.26. The van der Waals surface area contributed by atoms with Gasteiger partial charge in [-0.3, -0.25) is 18.9 Å². The Morgan fingerprint density at radius 1 is 1.14 bits per heavy atom. The van der Waals surface area contributed by atoms with Gasteiger partial charge in [0.25, 0.3) is 11.5 Å². The van der Waals surface area contributed by atoms with E-state index in [1.807, 2.05) is 51.1 Å². The van der Waals surface area contributed by atoms with Crippen LogP contribution in [0.15, 0.2) is 52.3 Å². The van der Waals surface area contributed by atoms with Gasteiger partial charge in [-0.2, -0.15) is 0 Å². The molecule has 1 aromatic carbocycles. The molecule has 2 aliphatic rings. The zero-order chi connectivity index (χ0) is 26.3. The zero-order valence-corrected chi connectivity index (χ0v) is 23.4. The lowest BCUT2D eigenvalue weighted by atomic mass is 10.2. The van der Waals surface area contributed by atoms with Gasteiger partial charge in [-0.05, 0) is 56.2 Å². The molecule has 0 spiro atoms. The number of carbonyl (C=O) groups excluding carboxylic acids is 1. The molecule has 4 heterocycles. The number of pyridine rings is 1. The number of aromatic nitrogens is 2. The van der Waals surface area contributed by atoms with E-state index in [9.17, 15) is 9.59 Å². The van der Waals surface area contributed by atoms with E-state index in [2.05, 4.69) is 15.9 Å². The molecule has 192 valence electrons. The molecule has 7 nitrogen and oxygen atoms in total. The smallest absolute Gasteiger partial charge is 0.267 e. The molecule has 37 heavy (non-hydrogen) atoms. The highest BCUT2D eigenvalue weighted by Gasteiger charge is 2.35. The van der Waals surface area contributed by atoms with Gasteiger partial charge in [0, 0.05) is 49.1 Å². The molecule has 0 saturated carbocycles. The number of nitrogens with zero attached hydrogens (tertiary/aromatic N) is 5. The normalized spacial score (nSPS) is 18.4. The van der Waals surface area contributed by atoms with Crippen LogP contribution in [0.4, 0.5) is 11.5 Å². The second kappa shape index (κ2) is 10.5. The predicted octanol–water partition coefficient (Wildman–Crippen LogP) is 4.98. The summed E-state index contributed by atoms with van der Waals surface area (Å²) in [6, 6.07) is 11.6. The molecule has 0 unspecified atom stereocenters. The van der Waals surface area contributed by atoms with Gasteiger partial charge in [0.2, 0.25) is 0 Å². The van der Waals surface area contributed by atoms with Crippen molar-refractivity contribution in [1.82, 2.24) is 14.3 Å². The first-order valence-electron chi connectivity index (χ1n) is 12.3. The van der Waals surface area contributed by atoms with E-state index in [-0.39, 0.29) is 17.5 Å². The number of amides is 1. The van der Waals surface area contributed by atoms with Crippen molar-refractivity contribution in [2.24, 2.45) is 0 Å². The van der Waals surface area contributed by atoms with Crippen molar-refractivity contribution in [3.05, 3.63) is 74.0 Å². The maximum atomic E-state index is 13.8. The molecular weight excluding hydrogens is 526 g/mol. The number of halogens is 1. The number of carbonyl (C=O) groups is 1. The Hall–Kier alpha value is -2.88. The van der Waals surface area contributed by atoms with Gasteiger partial charge >= 0.3 is 0 Å². The van der Waals surface area contributed by atoms with Gasteiger partial charge in [0.1, 0.15) is 15.8 Å². The van der Waals surface area contributed by atoms with Gasteiger partial charge in [-0.25, -0.2) is 4.98 Å². The van der Waals surface area contributed by atoms with Gasteiger partial charge < -0.3 is 9.80 Å². The first-order chi connectivity index (χ1) is 17.8. The lowest BCUT2D eigenvalue weighted by Crippen LogP contribution is -2.47. The molecule has 1 amide bonds. The van der Waals surface area contributed by atoms with E-state index in [0.29, 0.717) is 44.4 Å². The highest BCUT2D eigenvalue weighted by atomic mass is 35.5. The Labute approximate surface area is 230 Å². The fourth-order valence-electron chi connectivity index (χ4n) is 4.64. The van der Waals surface area contributed by atoms with E-state index in [4.69, 9.17) is 28.8 Å². The maximum absolute atomic E-state index is 13.8. The van der Waals surface area contributed by atoms with Crippen molar-refractivity contribution in [3.63, 3.8) is 0 Å². The molecular formula is C27H28ClN5O2S2. The third-order valence-corrected chi connectivity index (χ3v) is 8.43. The van der Waals surface area contributed by atoms with Crippen molar-refractivity contribution < 1.29 is 4.79 Å². The molecule has 3 aromatic rings. The van der Waals surface area contributed by atoms with E-state index in [1.165, 1.54) is 11.8 Å². The second-order valence-corrected chi connectivity index (χ2v) is 11.5. The quantitative estimate of drug-likeness (QED) is 0.326. The lowest BCUT2D eigenvalue weighted by Gasteiger charge is -2.37. The summed E-state index contributed by atoms with van der Waals surface area (Å²) in [4.78, 5) is 38.4. The van der Waals surface area contributed by atoms with Crippen molar-refractivity contribution in [2.75, 3.05) is 36.0 Å². The number of hydrogen-bond acceptors (Lipinski definition) is 7. The average molecular weight is 554 g/mol. The molecule has 0 radical (unpaired) electrons. The topological polar surface area (TPSA) is 61.2 Å². The summed E-state index contributed by atoms with van der Waals surface area (Å²) >= 11 is 13.0. The lowest BCUT2D eigenvalue weighted by molar-refractivity contribution is -0.123. The first kappa shape index (κ1) is 25.8. The van der Waals surface area contributed by atoms with Crippen LogP contribution in [0.25, 0.3) is 11.7 Å². The van der Waals surface area contributed by atoms with Crippen molar-refractivity contribution in [3.8, 4) is 0 Å². The highest BCUT2D eigenvalue weighted by Crippen LogP contribution is 2.35. The maximum Gasteiger partial charge on any atom is 0.267 e. The molecule has 2 aliphatic heterocycles. The summed E-state index contributed by atoms with van der Waals surface area (Å²) in [5.74, 6) is 0.434. The average Bonchev–Trinajstić information content (AvgIpc) is 3.18. The standard InChI is InChI=1S/C27H28ClN5O2S2/c1-4-18(3)33-26(35)22(37-27(33)36)15-21-24(29-23-9-8-17(2)16-32(23)25(21)34)31-12-10-30(11-13-31)20-7-5-6-19(28)14-20/h5-9,14-16,18H,4,10-13H2,1-3H3/b22-15-/t18-/m0/s1. The van der Waals surface area contributed by atoms with Gasteiger partial charge in [0.05, 0.1) is 10.5 Å². The molecule has 2 saturated heterocycles. The number of piperazine rings is 1. The van der Waals surface area contributed by atoms with Crippen LogP contribution in [0, 0.1) is 6.92 Å². The van der Waals surface area contributed by atoms with Crippen LogP contribution in [0.2, 0.25) is 5.02 Å². The summed E-state index contributed by atoms with van der Waals surface area (Å²) in [6.45, 7) is 8.80. The largest absolute Gasteiger partial charge is 0.368 e. The summed E-state index contributed by atoms with van der Waals surface area (Å²) in [5, 5.41) is 0.705. The number of thiocarbonyl (C=S) groups is 1. The van der Waals surface area contributed by atoms with Crippen LogP contribution < -0.4 is 15.4 Å². The number of rotatable bonds is 5. The summed E-state index contributed by atoms with van der Waals surface area (Å²) < 4.78 is 2.08. The number of fused-ring (bicyclic) bond motifs is 1. The summed E-state index contributed by atoms with van der Waals surface area (Å²) in [5.41, 5.74) is 2.81. The zero-order valence-electron chi connectivity index (χ0n) is 21.0. The van der Waals surface area contributed by atoms with Crippen LogP contribution in [0.1, 0.15) is 31.4 Å². The van der Waals surface area contributed by atoms with Crippen molar-refractivity contribution in [2.45, 2.75) is 33.2 Å². The van der Waals surface area contributed by atoms with E-state index in [1.54, 1.807) is 21.6 Å². The Bertz CT molecular complexity index is 1480. The molecule has 1 atom stereocenters. The summed E-state index contributed by atoms with van der Waals surface area (Å²) in [7, 11) is 0. The fraction of sp³-hybridized carbons (Fsp3) is 0.333. The van der Waals surface area contributed by atoms with E-state index < -0.39 is 0 Å². The van der Waals surface area contributed by atoms with Gasteiger partial charge in [-0.1, -0.05) is 54.6 Å². The molecule has 2 fully saturated rings. The van der Waals surface area contributed by atoms with Gasteiger partial charge in [-0.15, -0.1) is 0 Å². The first-order valence-corrected chi connectivity index (χ1v) is 13.9. The Morgan fingerprint density at radius 3 is 2.57 bits per heavy atom. The minimum atomic E-state index is -0.199. The second-order valence-electron chi connectivity index (χ2n) is 9.35. The summed E-state index contributed by atoms with van der Waals surface area (Å²) in [6.07, 6.45) is 4.26. The van der Waals surface area contributed by atoms with E-state index >= 15 is 0 Å². The number of hydrogen-bond donors (Lipinski definition) is 0. The molecule has 0 aliphatic carbocycles. The van der Waals surface area contributed by atoms with Crippen LogP contribution in [0.3, 0.4) is 0 Å². The number of benzene rings is 1. The third-order valence-electron chi connectivity index (χ3n) is 6.87. The van der Waals surface area contributed by atoms with Gasteiger partial charge in [0.15, 0.2) is 0 Å². The Morgan fingerprint density at radius 2 is 1.86 bits per heavy atom. The fourth-order valence-corrected chi connectivity index (χ4v) is 6.27. The molecule has 2 aromatic heterocycles. The molecule has 0 N–H and O–H groups in total. The van der Waals surface area contributed by atoms with Crippen molar-refractivity contribution in [1.29, 1.82) is 0 Å². The number of thioether (sulfide) groups is 1. The van der Waals surface area contributed by atoms with Crippen LogP contribution in [-0.2, 0) is 4.79 Å². The minimum absolute atomic E-state index is 0.00378. The van der Waals surface area contributed by atoms with Crippen molar-refractivity contribution >= 4 is 69.0 Å². The number of anilines is 2. The molecule has 0 bridgehead atoms. The minimum Gasteiger partial charge on any atom is -0.368 e. The Kier molecular flexibility index (Phi) is 7.29.